The van der Waals surface area contributed by atoms with Gasteiger partial charge in [0.2, 0.25) is 21.8 Å². The van der Waals surface area contributed by atoms with E-state index >= 15 is 0 Å². The highest BCUT2D eigenvalue weighted by Crippen LogP contribution is 2.27. The zero-order valence-corrected chi connectivity index (χ0v) is 14.5. The van der Waals surface area contributed by atoms with E-state index in [1.54, 1.807) is 11.2 Å². The Hall–Kier alpha value is -1.03. The maximum Gasteiger partial charge on any atom is 0.233 e. The van der Waals surface area contributed by atoms with Gasteiger partial charge in [-0.25, -0.2) is 8.42 Å². The highest BCUT2D eigenvalue weighted by atomic mass is 32.2. The van der Waals surface area contributed by atoms with Gasteiger partial charge in [-0.2, -0.15) is 4.31 Å². The minimum Gasteiger partial charge on any atom is -0.424 e. The van der Waals surface area contributed by atoms with Gasteiger partial charge in [0, 0.05) is 26.6 Å². The molecule has 0 radical (unpaired) electrons. The van der Waals surface area contributed by atoms with E-state index in [1.165, 1.54) is 0 Å². The lowest BCUT2D eigenvalue weighted by Gasteiger charge is -2.37. The molecular weight excluding hydrogens is 320 g/mol. The van der Waals surface area contributed by atoms with Crippen molar-refractivity contribution in [2.75, 3.05) is 39.4 Å². The zero-order chi connectivity index (χ0) is 16.4. The van der Waals surface area contributed by atoms with Gasteiger partial charge in [-0.3, -0.25) is 4.90 Å². The Morgan fingerprint density at radius 1 is 1.22 bits per heavy atom. The summed E-state index contributed by atoms with van der Waals surface area (Å²) < 4.78 is 38.0. The van der Waals surface area contributed by atoms with Gasteiger partial charge in [0.15, 0.2) is 0 Å². The molecule has 2 atom stereocenters. The minimum absolute atomic E-state index is 0.0705. The third kappa shape index (κ3) is 3.57. The average molecular weight is 344 g/mol. The largest absolute Gasteiger partial charge is 0.424 e. The number of morpholine rings is 1. The molecule has 130 valence electrons. The molecule has 1 aromatic heterocycles. The van der Waals surface area contributed by atoms with Crippen LogP contribution >= 0.6 is 0 Å². The van der Waals surface area contributed by atoms with Crippen molar-refractivity contribution >= 4 is 10.0 Å². The molecular formula is C14H24N4O4S. The van der Waals surface area contributed by atoms with E-state index in [4.69, 9.17) is 9.15 Å². The Kier molecular flexibility index (Phi) is 5.00. The molecule has 3 heterocycles. The highest BCUT2D eigenvalue weighted by Gasteiger charge is 2.37. The lowest BCUT2D eigenvalue weighted by Crippen LogP contribution is -2.51. The van der Waals surface area contributed by atoms with Crippen LogP contribution in [0.15, 0.2) is 4.42 Å². The van der Waals surface area contributed by atoms with Gasteiger partial charge < -0.3 is 9.15 Å². The third-order valence-corrected chi connectivity index (χ3v) is 6.92. The van der Waals surface area contributed by atoms with Crippen LogP contribution in [-0.2, 0) is 14.8 Å². The molecule has 0 N–H and O–H groups in total. The lowest BCUT2D eigenvalue weighted by atomic mass is 10.1. The number of sulfonamides is 1. The van der Waals surface area contributed by atoms with Crippen LogP contribution in [0, 0.1) is 6.92 Å². The van der Waals surface area contributed by atoms with Crippen molar-refractivity contribution in [3.05, 3.63) is 11.8 Å². The topological polar surface area (TPSA) is 88.8 Å². The molecule has 0 spiro atoms. The molecule has 2 aliphatic heterocycles. The van der Waals surface area contributed by atoms with E-state index in [0.29, 0.717) is 51.1 Å². The molecule has 8 nitrogen and oxygen atoms in total. The van der Waals surface area contributed by atoms with Crippen LogP contribution in [0.2, 0.25) is 0 Å². The van der Waals surface area contributed by atoms with Crippen molar-refractivity contribution in [2.45, 2.75) is 38.0 Å². The number of likely N-dealkylation sites (tertiary alicyclic amines) is 1. The van der Waals surface area contributed by atoms with Crippen LogP contribution in [0.4, 0.5) is 0 Å². The Morgan fingerprint density at radius 2 is 1.96 bits per heavy atom. The van der Waals surface area contributed by atoms with Crippen LogP contribution in [-0.4, -0.2) is 72.5 Å². The molecule has 23 heavy (non-hydrogen) atoms. The molecule has 0 unspecified atom stereocenters. The van der Waals surface area contributed by atoms with Crippen LogP contribution in [0.25, 0.3) is 0 Å². The van der Waals surface area contributed by atoms with Gasteiger partial charge >= 0.3 is 0 Å². The van der Waals surface area contributed by atoms with Gasteiger partial charge in [0.25, 0.3) is 0 Å². The minimum atomic E-state index is -3.28. The fraction of sp³-hybridized carbons (Fsp3) is 0.857. The van der Waals surface area contributed by atoms with Crippen molar-refractivity contribution in [2.24, 2.45) is 0 Å². The predicted octanol–water partition coefficient (Wildman–Crippen LogP) is 0.565. The Morgan fingerprint density at radius 3 is 2.61 bits per heavy atom. The maximum absolute atomic E-state index is 12.8. The first-order valence-electron chi connectivity index (χ1n) is 8.09. The first kappa shape index (κ1) is 16.8. The van der Waals surface area contributed by atoms with Crippen molar-refractivity contribution in [3.8, 4) is 0 Å². The van der Waals surface area contributed by atoms with E-state index in [2.05, 4.69) is 15.1 Å². The summed E-state index contributed by atoms with van der Waals surface area (Å²) >= 11 is 0. The summed E-state index contributed by atoms with van der Waals surface area (Å²) in [5.74, 6) is 1.08. The first-order valence-corrected chi connectivity index (χ1v) is 9.59. The SMILES string of the molecule is Cc1nnc([C@H](C)N2CCC[C@@H](S(=O)(=O)N3CCOCC3)C2)o1. The molecule has 0 bridgehead atoms. The van der Waals surface area contributed by atoms with Crippen molar-refractivity contribution in [3.63, 3.8) is 0 Å². The quantitative estimate of drug-likeness (QED) is 0.788. The predicted molar refractivity (Wildman–Crippen MR) is 83.4 cm³/mol. The van der Waals surface area contributed by atoms with Gasteiger partial charge in [0.05, 0.1) is 24.5 Å². The van der Waals surface area contributed by atoms with E-state index in [1.807, 2.05) is 6.92 Å². The van der Waals surface area contributed by atoms with Crippen LogP contribution in [0.1, 0.15) is 37.6 Å². The summed E-state index contributed by atoms with van der Waals surface area (Å²) in [4.78, 5) is 2.12. The number of aromatic nitrogens is 2. The summed E-state index contributed by atoms with van der Waals surface area (Å²) in [6.45, 7) is 6.96. The fourth-order valence-electron chi connectivity index (χ4n) is 3.21. The number of hydrogen-bond donors (Lipinski definition) is 0. The third-order valence-electron chi connectivity index (χ3n) is 4.61. The monoisotopic (exact) mass is 344 g/mol. The van der Waals surface area contributed by atoms with E-state index < -0.39 is 10.0 Å². The molecule has 0 aromatic carbocycles. The average Bonchev–Trinajstić information content (AvgIpc) is 3.01. The smallest absolute Gasteiger partial charge is 0.233 e. The number of rotatable bonds is 4. The second kappa shape index (κ2) is 6.84. The molecule has 9 heteroatoms. The lowest BCUT2D eigenvalue weighted by molar-refractivity contribution is 0.0714. The summed E-state index contributed by atoms with van der Waals surface area (Å²) in [6, 6.07) is -0.0705. The van der Waals surface area contributed by atoms with Gasteiger partial charge in [-0.1, -0.05) is 0 Å². The molecule has 2 aliphatic rings. The van der Waals surface area contributed by atoms with Gasteiger partial charge in [0.1, 0.15) is 0 Å². The number of nitrogens with zero attached hydrogens (tertiary/aromatic N) is 4. The summed E-state index contributed by atoms with van der Waals surface area (Å²) in [7, 11) is -3.28. The van der Waals surface area contributed by atoms with E-state index in [9.17, 15) is 8.42 Å². The molecule has 0 saturated carbocycles. The van der Waals surface area contributed by atoms with Gasteiger partial charge in [-0.05, 0) is 26.3 Å². The molecule has 2 saturated heterocycles. The molecule has 2 fully saturated rings. The first-order chi connectivity index (χ1) is 11.0. The Labute approximate surface area is 136 Å². The molecule has 0 amide bonds. The van der Waals surface area contributed by atoms with Crippen LogP contribution in [0.3, 0.4) is 0 Å². The van der Waals surface area contributed by atoms with Crippen molar-refractivity contribution in [1.29, 1.82) is 0 Å². The summed E-state index contributed by atoms with van der Waals surface area (Å²) in [5.41, 5.74) is 0. The van der Waals surface area contributed by atoms with Crippen molar-refractivity contribution < 1.29 is 17.6 Å². The van der Waals surface area contributed by atoms with E-state index in [0.717, 1.165) is 13.0 Å². The highest BCUT2D eigenvalue weighted by molar-refractivity contribution is 7.89. The maximum atomic E-state index is 12.8. The second-order valence-electron chi connectivity index (χ2n) is 6.15. The number of hydrogen-bond acceptors (Lipinski definition) is 7. The normalized spacial score (nSPS) is 26.3. The fourth-order valence-corrected chi connectivity index (χ4v) is 5.13. The number of piperidine rings is 1. The van der Waals surface area contributed by atoms with Gasteiger partial charge in [-0.15, -0.1) is 10.2 Å². The molecule has 1 aromatic rings. The molecule has 0 aliphatic carbocycles. The van der Waals surface area contributed by atoms with E-state index in [-0.39, 0.29) is 11.3 Å². The summed E-state index contributed by atoms with van der Waals surface area (Å²) in [5, 5.41) is 7.55. The standard InChI is InChI=1S/C14H24N4O4S/c1-11(14-16-15-12(2)22-14)17-5-3-4-13(10-17)23(19,20)18-6-8-21-9-7-18/h11,13H,3-10H2,1-2H3/t11-,13+/m0/s1. The summed E-state index contributed by atoms with van der Waals surface area (Å²) in [6.07, 6.45) is 1.55. The zero-order valence-electron chi connectivity index (χ0n) is 13.6. The van der Waals surface area contributed by atoms with Crippen molar-refractivity contribution in [1.82, 2.24) is 19.4 Å². The Bertz CT molecular complexity index is 626. The molecule has 3 rings (SSSR count). The van der Waals surface area contributed by atoms with Crippen LogP contribution in [0.5, 0.6) is 0 Å². The number of ether oxygens (including phenoxy) is 1. The van der Waals surface area contributed by atoms with Crippen LogP contribution < -0.4 is 0 Å². The number of aryl methyl sites for hydroxylation is 1. The Balaban J connectivity index is 1.70. The second-order valence-corrected chi connectivity index (χ2v) is 8.36.